The maximum atomic E-state index is 12.2. The zero-order valence-electron chi connectivity index (χ0n) is 9.86. The van der Waals surface area contributed by atoms with Gasteiger partial charge >= 0.3 is 0 Å². The first-order valence-corrected chi connectivity index (χ1v) is 7.42. The second-order valence-electron chi connectivity index (χ2n) is 4.67. The van der Waals surface area contributed by atoms with Gasteiger partial charge in [-0.05, 0) is 47.3 Å². The van der Waals surface area contributed by atoms with Crippen molar-refractivity contribution in [2.75, 3.05) is 7.05 Å². The summed E-state index contributed by atoms with van der Waals surface area (Å²) in [6, 6.07) is 4.29. The van der Waals surface area contributed by atoms with Crippen molar-refractivity contribution in [3.05, 3.63) is 20.8 Å². The van der Waals surface area contributed by atoms with Crippen molar-refractivity contribution in [1.82, 2.24) is 4.90 Å². The van der Waals surface area contributed by atoms with Gasteiger partial charge in [0.05, 0.1) is 10.3 Å². The maximum absolute atomic E-state index is 12.2. The molecule has 0 aliphatic heterocycles. The van der Waals surface area contributed by atoms with Gasteiger partial charge in [0.1, 0.15) is 0 Å². The van der Waals surface area contributed by atoms with Crippen molar-refractivity contribution in [2.45, 2.75) is 31.8 Å². The van der Waals surface area contributed by atoms with Crippen LogP contribution in [0.5, 0.6) is 0 Å². The zero-order valence-corrected chi connectivity index (χ0v) is 12.3. The van der Waals surface area contributed by atoms with Crippen LogP contribution in [-0.4, -0.2) is 23.9 Å². The predicted molar refractivity (Wildman–Crippen MR) is 73.8 cm³/mol. The number of nitrogens with zero attached hydrogens (tertiary/aromatic N) is 1. The molecule has 1 amide bonds. The third-order valence-electron chi connectivity index (χ3n) is 3.22. The molecule has 1 heterocycles. The molecule has 2 unspecified atom stereocenters. The van der Waals surface area contributed by atoms with Crippen LogP contribution in [0.25, 0.3) is 0 Å². The van der Waals surface area contributed by atoms with Crippen LogP contribution >= 0.6 is 27.3 Å². The number of halogens is 1. The van der Waals surface area contributed by atoms with Crippen LogP contribution in [0.15, 0.2) is 15.9 Å². The Balaban J connectivity index is 1.91. The molecule has 1 aromatic rings. The molecular formula is C12H17BrN2OS. The fourth-order valence-corrected chi connectivity index (χ4v) is 3.84. The van der Waals surface area contributed by atoms with Crippen molar-refractivity contribution in [2.24, 2.45) is 11.7 Å². The smallest absolute Gasteiger partial charge is 0.225 e. The minimum atomic E-state index is 0.137. The van der Waals surface area contributed by atoms with Crippen molar-refractivity contribution < 1.29 is 4.79 Å². The molecule has 1 aliphatic carbocycles. The van der Waals surface area contributed by atoms with Gasteiger partial charge in [0, 0.05) is 23.9 Å². The normalized spacial score (nSPS) is 23.9. The standard InChI is InChI=1S/C12H17BrN2OS/c1-15(7-10-4-5-11(13)17-10)12(16)8-2-3-9(14)6-8/h4-5,8-9H,2-3,6-7,14H2,1H3. The molecule has 0 aromatic carbocycles. The second-order valence-corrected chi connectivity index (χ2v) is 7.22. The number of hydrogen-bond acceptors (Lipinski definition) is 3. The Morgan fingerprint density at radius 2 is 2.35 bits per heavy atom. The lowest BCUT2D eigenvalue weighted by atomic mass is 10.1. The summed E-state index contributed by atoms with van der Waals surface area (Å²) >= 11 is 5.11. The van der Waals surface area contributed by atoms with E-state index in [1.165, 1.54) is 4.88 Å². The predicted octanol–water partition coefficient (Wildman–Crippen LogP) is 2.60. The van der Waals surface area contributed by atoms with Crippen LogP contribution in [0.1, 0.15) is 24.1 Å². The van der Waals surface area contributed by atoms with Gasteiger partial charge in [-0.3, -0.25) is 4.79 Å². The maximum Gasteiger partial charge on any atom is 0.225 e. The topological polar surface area (TPSA) is 46.3 Å². The number of thiophene rings is 1. The van der Waals surface area contributed by atoms with Crippen molar-refractivity contribution in [3.63, 3.8) is 0 Å². The van der Waals surface area contributed by atoms with Gasteiger partial charge in [-0.25, -0.2) is 0 Å². The lowest BCUT2D eigenvalue weighted by Gasteiger charge is -2.20. The number of carbonyl (C=O) groups excluding carboxylic acids is 1. The monoisotopic (exact) mass is 316 g/mol. The van der Waals surface area contributed by atoms with Gasteiger partial charge in [0.25, 0.3) is 0 Å². The average Bonchev–Trinajstić information content (AvgIpc) is 2.87. The Labute approximate surface area is 114 Å². The molecule has 94 valence electrons. The first-order chi connectivity index (χ1) is 8.06. The molecule has 1 saturated carbocycles. The lowest BCUT2D eigenvalue weighted by Crippen LogP contribution is -2.31. The molecule has 3 nitrogen and oxygen atoms in total. The van der Waals surface area contributed by atoms with E-state index in [2.05, 4.69) is 22.0 Å². The molecule has 0 spiro atoms. The summed E-state index contributed by atoms with van der Waals surface area (Å²) in [4.78, 5) is 15.2. The van der Waals surface area contributed by atoms with Gasteiger partial charge in [-0.15, -0.1) is 11.3 Å². The van der Waals surface area contributed by atoms with E-state index in [1.54, 1.807) is 11.3 Å². The molecule has 2 N–H and O–H groups in total. The van der Waals surface area contributed by atoms with Crippen molar-refractivity contribution >= 4 is 33.2 Å². The van der Waals surface area contributed by atoms with Crippen LogP contribution in [0, 0.1) is 5.92 Å². The first-order valence-electron chi connectivity index (χ1n) is 5.81. The fraction of sp³-hybridized carbons (Fsp3) is 0.583. The molecule has 0 radical (unpaired) electrons. The van der Waals surface area contributed by atoms with Gasteiger partial charge in [0.15, 0.2) is 0 Å². The molecule has 2 rings (SSSR count). The highest BCUT2D eigenvalue weighted by Crippen LogP contribution is 2.27. The zero-order chi connectivity index (χ0) is 12.4. The highest BCUT2D eigenvalue weighted by Gasteiger charge is 2.29. The van der Waals surface area contributed by atoms with Gasteiger partial charge in [-0.1, -0.05) is 0 Å². The minimum absolute atomic E-state index is 0.137. The molecule has 2 atom stereocenters. The van der Waals surface area contributed by atoms with E-state index < -0.39 is 0 Å². The highest BCUT2D eigenvalue weighted by molar-refractivity contribution is 9.11. The number of hydrogen-bond donors (Lipinski definition) is 1. The molecule has 17 heavy (non-hydrogen) atoms. The fourth-order valence-electron chi connectivity index (χ4n) is 2.30. The third-order valence-corrected chi connectivity index (χ3v) is 4.83. The summed E-state index contributed by atoms with van der Waals surface area (Å²) in [6.07, 6.45) is 2.77. The Morgan fingerprint density at radius 1 is 1.59 bits per heavy atom. The summed E-state index contributed by atoms with van der Waals surface area (Å²) in [6.45, 7) is 0.695. The summed E-state index contributed by atoms with van der Waals surface area (Å²) < 4.78 is 1.11. The molecule has 1 fully saturated rings. The average molecular weight is 317 g/mol. The van der Waals surface area contributed by atoms with Crippen molar-refractivity contribution in [3.8, 4) is 0 Å². The van der Waals surface area contributed by atoms with E-state index in [1.807, 2.05) is 18.0 Å². The Kier molecular flexibility index (Phi) is 4.22. The molecule has 1 aliphatic rings. The summed E-state index contributed by atoms with van der Waals surface area (Å²) in [5, 5.41) is 0. The van der Waals surface area contributed by atoms with Crippen LogP contribution in [0.3, 0.4) is 0 Å². The Morgan fingerprint density at radius 3 is 2.88 bits per heavy atom. The summed E-state index contributed by atoms with van der Waals surface area (Å²) in [5.41, 5.74) is 5.84. The molecule has 1 aromatic heterocycles. The van der Waals surface area contributed by atoms with Crippen LogP contribution in [0.4, 0.5) is 0 Å². The highest BCUT2D eigenvalue weighted by atomic mass is 79.9. The van der Waals surface area contributed by atoms with Crippen LogP contribution < -0.4 is 5.73 Å². The molecule has 0 bridgehead atoms. The van der Waals surface area contributed by atoms with E-state index in [-0.39, 0.29) is 17.9 Å². The quantitative estimate of drug-likeness (QED) is 0.931. The largest absolute Gasteiger partial charge is 0.340 e. The van der Waals surface area contributed by atoms with E-state index in [0.29, 0.717) is 6.54 Å². The van der Waals surface area contributed by atoms with E-state index >= 15 is 0 Å². The number of amides is 1. The van der Waals surface area contributed by atoms with E-state index in [4.69, 9.17) is 5.73 Å². The summed E-state index contributed by atoms with van der Waals surface area (Å²) in [5.74, 6) is 0.376. The van der Waals surface area contributed by atoms with Gasteiger partial charge in [0.2, 0.25) is 5.91 Å². The molecular weight excluding hydrogens is 300 g/mol. The van der Waals surface area contributed by atoms with Gasteiger partial charge < -0.3 is 10.6 Å². The van der Waals surface area contributed by atoms with Crippen LogP contribution in [-0.2, 0) is 11.3 Å². The van der Waals surface area contributed by atoms with E-state index in [0.717, 1.165) is 23.0 Å². The second kappa shape index (κ2) is 5.50. The van der Waals surface area contributed by atoms with Gasteiger partial charge in [-0.2, -0.15) is 0 Å². The number of rotatable bonds is 3. The number of nitrogens with two attached hydrogens (primary N) is 1. The minimum Gasteiger partial charge on any atom is -0.340 e. The number of carbonyl (C=O) groups is 1. The Bertz CT molecular complexity index is 407. The SMILES string of the molecule is CN(Cc1ccc(Br)s1)C(=O)C1CCC(N)C1. The Hall–Kier alpha value is -0.390. The third kappa shape index (κ3) is 3.30. The van der Waals surface area contributed by atoms with Crippen LogP contribution in [0.2, 0.25) is 0 Å². The van der Waals surface area contributed by atoms with E-state index in [9.17, 15) is 4.79 Å². The molecule has 5 heteroatoms. The molecule has 0 saturated heterocycles. The lowest BCUT2D eigenvalue weighted by molar-refractivity contribution is -0.134. The van der Waals surface area contributed by atoms with Crippen molar-refractivity contribution in [1.29, 1.82) is 0 Å². The first kappa shape index (κ1) is 13.1. The summed E-state index contributed by atoms with van der Waals surface area (Å²) in [7, 11) is 1.87.